The summed E-state index contributed by atoms with van der Waals surface area (Å²) in [5.41, 5.74) is 0. The smallest absolute Gasteiger partial charge is 0.223 e. The Morgan fingerprint density at radius 1 is 1.64 bits per heavy atom. The first-order chi connectivity index (χ1) is 6.74. The summed E-state index contributed by atoms with van der Waals surface area (Å²) >= 11 is 3.48. The van der Waals surface area contributed by atoms with Gasteiger partial charge < -0.3 is 10.1 Å². The van der Waals surface area contributed by atoms with Crippen LogP contribution in [0.5, 0.6) is 0 Å². The lowest BCUT2D eigenvalue weighted by molar-refractivity contribution is -0.127. The number of amides is 1. The third-order valence-electron chi connectivity index (χ3n) is 2.58. The van der Waals surface area contributed by atoms with Crippen LogP contribution < -0.4 is 5.32 Å². The van der Waals surface area contributed by atoms with Crippen LogP contribution >= 0.6 is 15.9 Å². The Bertz CT molecular complexity index is 183. The Kier molecular flexibility index (Phi) is 5.48. The van der Waals surface area contributed by atoms with Gasteiger partial charge >= 0.3 is 0 Å². The quantitative estimate of drug-likeness (QED) is 0.741. The van der Waals surface area contributed by atoms with E-state index in [1.165, 1.54) is 6.42 Å². The maximum atomic E-state index is 11.4. The minimum absolute atomic E-state index is 0.230. The predicted octanol–water partition coefficient (Wildman–Crippen LogP) is 1.70. The fourth-order valence-corrected chi connectivity index (χ4v) is 1.92. The Morgan fingerprint density at radius 2 is 2.36 bits per heavy atom. The molecule has 1 fully saturated rings. The van der Waals surface area contributed by atoms with Crippen molar-refractivity contribution in [1.82, 2.24) is 5.32 Å². The van der Waals surface area contributed by atoms with Gasteiger partial charge in [0.2, 0.25) is 5.91 Å². The van der Waals surface area contributed by atoms with Crippen molar-refractivity contribution in [2.45, 2.75) is 30.5 Å². The molecule has 4 heteroatoms. The number of nitrogens with one attached hydrogen (secondary N) is 1. The predicted molar refractivity (Wildman–Crippen MR) is 59.6 cm³/mol. The second-order valence-electron chi connectivity index (χ2n) is 3.76. The zero-order valence-corrected chi connectivity index (χ0v) is 10.2. The first-order valence-corrected chi connectivity index (χ1v) is 6.06. The highest BCUT2D eigenvalue weighted by Crippen LogP contribution is 2.26. The van der Waals surface area contributed by atoms with Gasteiger partial charge in [-0.3, -0.25) is 4.79 Å². The Hall–Kier alpha value is -0.0900. The van der Waals surface area contributed by atoms with Gasteiger partial charge in [-0.15, -0.1) is 0 Å². The minimum atomic E-state index is 0.230. The molecule has 0 aromatic heterocycles. The molecule has 14 heavy (non-hydrogen) atoms. The summed E-state index contributed by atoms with van der Waals surface area (Å²) in [5.74, 6) is 0.527. The van der Waals surface area contributed by atoms with Gasteiger partial charge in [0.05, 0.1) is 6.61 Å². The van der Waals surface area contributed by atoms with E-state index in [0.717, 1.165) is 25.8 Å². The van der Waals surface area contributed by atoms with Crippen LogP contribution in [0.1, 0.15) is 25.7 Å². The van der Waals surface area contributed by atoms with Gasteiger partial charge in [-0.2, -0.15) is 0 Å². The van der Waals surface area contributed by atoms with Crippen LogP contribution in [0.25, 0.3) is 0 Å². The van der Waals surface area contributed by atoms with E-state index in [2.05, 4.69) is 21.2 Å². The molecular weight excluding hydrogens is 246 g/mol. The number of hydrogen-bond donors (Lipinski definition) is 1. The lowest BCUT2D eigenvalue weighted by Gasteiger charge is -2.24. The normalized spacial score (nSPS) is 18.7. The highest BCUT2D eigenvalue weighted by molar-refractivity contribution is 9.09. The van der Waals surface area contributed by atoms with Gasteiger partial charge in [-0.1, -0.05) is 22.4 Å². The molecule has 0 saturated heterocycles. The average Bonchev–Trinajstić information content (AvgIpc) is 2.01. The van der Waals surface area contributed by atoms with Crippen molar-refractivity contribution in [3.63, 3.8) is 0 Å². The van der Waals surface area contributed by atoms with Crippen LogP contribution in [0, 0.1) is 5.92 Å². The summed E-state index contributed by atoms with van der Waals surface area (Å²) in [6.45, 7) is 1.44. The molecule has 1 N–H and O–H groups in total. The highest BCUT2D eigenvalue weighted by atomic mass is 79.9. The van der Waals surface area contributed by atoms with Crippen molar-refractivity contribution in [3.8, 4) is 0 Å². The molecule has 82 valence electrons. The van der Waals surface area contributed by atoms with E-state index >= 15 is 0 Å². The van der Waals surface area contributed by atoms with Crippen molar-refractivity contribution >= 4 is 21.8 Å². The number of alkyl halides is 1. The highest BCUT2D eigenvalue weighted by Gasteiger charge is 2.24. The summed E-state index contributed by atoms with van der Waals surface area (Å²) in [6, 6.07) is 0. The lowest BCUT2D eigenvalue weighted by Crippen LogP contribution is -2.35. The molecule has 0 spiro atoms. The van der Waals surface area contributed by atoms with Crippen molar-refractivity contribution in [3.05, 3.63) is 0 Å². The van der Waals surface area contributed by atoms with Crippen molar-refractivity contribution < 1.29 is 9.53 Å². The summed E-state index contributed by atoms with van der Waals surface area (Å²) in [6.07, 6.45) is 4.28. The molecule has 0 radical (unpaired) electrons. The van der Waals surface area contributed by atoms with Gasteiger partial charge in [-0.25, -0.2) is 0 Å². The van der Waals surface area contributed by atoms with E-state index in [9.17, 15) is 4.79 Å². The number of ether oxygens (including phenoxy) is 1. The maximum Gasteiger partial charge on any atom is 0.223 e. The maximum absolute atomic E-state index is 11.4. The van der Waals surface area contributed by atoms with Crippen LogP contribution in [0.2, 0.25) is 0 Å². The zero-order chi connectivity index (χ0) is 10.4. The molecule has 1 saturated carbocycles. The fourth-order valence-electron chi connectivity index (χ4n) is 1.43. The van der Waals surface area contributed by atoms with Crippen molar-refractivity contribution in [1.29, 1.82) is 0 Å². The molecule has 1 rings (SSSR count). The number of carbonyl (C=O) groups excluding carboxylic acids is 1. The summed E-state index contributed by atoms with van der Waals surface area (Å²) in [7, 11) is 1.68. The number of methoxy groups -OCH3 is 1. The van der Waals surface area contributed by atoms with E-state index in [0.29, 0.717) is 17.4 Å². The molecule has 0 bridgehead atoms. The Balaban J connectivity index is 1.99. The van der Waals surface area contributed by atoms with E-state index in [1.807, 2.05) is 0 Å². The van der Waals surface area contributed by atoms with E-state index < -0.39 is 0 Å². The molecule has 1 aliphatic carbocycles. The molecule has 3 nitrogen and oxygen atoms in total. The molecule has 0 aliphatic heterocycles. The molecule has 0 heterocycles. The van der Waals surface area contributed by atoms with E-state index in [4.69, 9.17) is 4.74 Å². The third kappa shape index (κ3) is 3.96. The Morgan fingerprint density at radius 3 is 2.86 bits per heavy atom. The molecule has 0 aromatic rings. The second kappa shape index (κ2) is 6.40. The first-order valence-electron chi connectivity index (χ1n) is 5.14. The molecule has 1 amide bonds. The number of carbonyl (C=O) groups is 1. The van der Waals surface area contributed by atoms with Crippen molar-refractivity contribution in [2.24, 2.45) is 5.92 Å². The van der Waals surface area contributed by atoms with Gasteiger partial charge in [-0.05, 0) is 19.3 Å². The fraction of sp³-hybridized carbons (Fsp3) is 0.900. The van der Waals surface area contributed by atoms with Crippen LogP contribution in [0.4, 0.5) is 0 Å². The molecule has 0 aromatic carbocycles. The number of rotatable bonds is 6. The van der Waals surface area contributed by atoms with Crippen LogP contribution in [-0.2, 0) is 9.53 Å². The number of hydrogen-bond acceptors (Lipinski definition) is 2. The minimum Gasteiger partial charge on any atom is -0.384 e. The van der Waals surface area contributed by atoms with Crippen LogP contribution in [0.15, 0.2) is 0 Å². The van der Waals surface area contributed by atoms with Crippen molar-refractivity contribution in [2.75, 3.05) is 20.3 Å². The number of halogens is 1. The van der Waals surface area contributed by atoms with Gasteiger partial charge in [0.1, 0.15) is 0 Å². The van der Waals surface area contributed by atoms with Crippen LogP contribution in [0.3, 0.4) is 0 Å². The molecule has 1 aliphatic rings. The average molecular weight is 264 g/mol. The van der Waals surface area contributed by atoms with Gasteiger partial charge in [0.15, 0.2) is 0 Å². The molecule has 1 atom stereocenters. The summed E-state index contributed by atoms with van der Waals surface area (Å²) < 4.78 is 4.98. The second-order valence-corrected chi connectivity index (χ2v) is 5.06. The zero-order valence-electron chi connectivity index (χ0n) is 8.59. The first kappa shape index (κ1) is 12.0. The standard InChI is InChI=1S/C10H18BrNO2/c1-14-7-9(11)5-6-12-10(13)8-3-2-4-8/h8-9H,2-7H2,1H3,(H,12,13). The monoisotopic (exact) mass is 263 g/mol. The third-order valence-corrected chi connectivity index (χ3v) is 3.30. The van der Waals surface area contributed by atoms with Gasteiger partial charge in [0.25, 0.3) is 0 Å². The molecule has 1 unspecified atom stereocenters. The Labute approximate surface area is 93.7 Å². The van der Waals surface area contributed by atoms with Gasteiger partial charge in [0, 0.05) is 24.4 Å². The van der Waals surface area contributed by atoms with Crippen LogP contribution in [-0.4, -0.2) is 31.0 Å². The summed E-state index contributed by atoms with van der Waals surface area (Å²) in [4.78, 5) is 11.7. The van der Waals surface area contributed by atoms with E-state index in [-0.39, 0.29) is 5.91 Å². The topological polar surface area (TPSA) is 38.3 Å². The van der Waals surface area contributed by atoms with E-state index in [1.54, 1.807) is 7.11 Å². The molecular formula is C10H18BrNO2. The summed E-state index contributed by atoms with van der Waals surface area (Å²) in [5, 5.41) is 2.95. The largest absolute Gasteiger partial charge is 0.384 e. The SMILES string of the molecule is COCC(Br)CCNC(=O)C1CCC1. The lowest BCUT2D eigenvalue weighted by atomic mass is 9.85.